The molecule has 0 aliphatic heterocycles. The fraction of sp³-hybridized carbons (Fsp3) is 0.211. The maximum Gasteiger partial charge on any atom is 0.218 e. The number of benzene rings is 2. The molecule has 0 aliphatic carbocycles. The molecule has 0 bridgehead atoms. The lowest BCUT2D eigenvalue weighted by Crippen LogP contribution is -1.95. The highest BCUT2D eigenvalue weighted by Gasteiger charge is 2.19. The second kappa shape index (κ2) is 6.06. The van der Waals surface area contributed by atoms with E-state index in [2.05, 4.69) is 26.0 Å². The summed E-state index contributed by atoms with van der Waals surface area (Å²) in [6.45, 7) is 4.19. The molecule has 112 valence electrons. The second-order valence-corrected chi connectivity index (χ2v) is 5.46. The number of hydrogen-bond donors (Lipinski definition) is 1. The molecule has 1 heterocycles. The summed E-state index contributed by atoms with van der Waals surface area (Å²) in [4.78, 5) is 0. The highest BCUT2D eigenvalue weighted by molar-refractivity contribution is 5.69. The number of aromatic nitrogens is 2. The van der Waals surface area contributed by atoms with Crippen molar-refractivity contribution in [3.63, 3.8) is 0 Å². The first kappa shape index (κ1) is 14.4. The molecule has 0 unspecified atom stereocenters. The van der Waals surface area contributed by atoms with Crippen LogP contribution in [0.5, 0.6) is 5.88 Å². The number of nitrogens with zero attached hydrogens (tertiary/aromatic N) is 2. The highest BCUT2D eigenvalue weighted by Crippen LogP contribution is 2.34. The fourth-order valence-corrected chi connectivity index (χ4v) is 2.73. The Labute approximate surface area is 130 Å². The molecular weight excluding hydrogens is 272 g/mol. The average molecular weight is 292 g/mol. The molecule has 22 heavy (non-hydrogen) atoms. The van der Waals surface area contributed by atoms with Gasteiger partial charge in [0, 0.05) is 11.1 Å². The Kier molecular flexibility index (Phi) is 3.96. The molecule has 0 saturated carbocycles. The second-order valence-electron chi connectivity index (χ2n) is 5.46. The van der Waals surface area contributed by atoms with E-state index < -0.39 is 0 Å². The Morgan fingerprint density at radius 2 is 1.68 bits per heavy atom. The molecule has 1 N–H and O–H groups in total. The molecule has 0 fully saturated rings. The Bertz CT molecular complexity index is 775. The summed E-state index contributed by atoms with van der Waals surface area (Å²) in [7, 11) is 0. The first-order valence-corrected chi connectivity index (χ1v) is 7.64. The highest BCUT2D eigenvalue weighted by atomic mass is 16.3. The molecule has 1 aromatic heterocycles. The van der Waals surface area contributed by atoms with Gasteiger partial charge < -0.3 is 5.11 Å². The maximum atomic E-state index is 10.6. The first-order valence-electron chi connectivity index (χ1n) is 7.64. The lowest BCUT2D eigenvalue weighted by molar-refractivity contribution is 0.427. The van der Waals surface area contributed by atoms with Crippen molar-refractivity contribution in [1.82, 2.24) is 9.78 Å². The Morgan fingerprint density at radius 1 is 1.00 bits per heavy atom. The van der Waals surface area contributed by atoms with E-state index in [1.807, 2.05) is 42.5 Å². The molecule has 0 radical (unpaired) electrons. The van der Waals surface area contributed by atoms with Crippen LogP contribution in [0, 0.1) is 6.92 Å². The summed E-state index contributed by atoms with van der Waals surface area (Å²) in [5.74, 6) is 0.242. The van der Waals surface area contributed by atoms with Gasteiger partial charge in [0.1, 0.15) is 5.69 Å². The van der Waals surface area contributed by atoms with Gasteiger partial charge in [0.15, 0.2) is 0 Å². The van der Waals surface area contributed by atoms with Gasteiger partial charge in [-0.05, 0) is 31.0 Å². The zero-order chi connectivity index (χ0) is 15.5. The minimum atomic E-state index is 0.242. The molecule has 0 spiro atoms. The van der Waals surface area contributed by atoms with Crippen LogP contribution >= 0.6 is 0 Å². The van der Waals surface area contributed by atoms with Crippen molar-refractivity contribution in [3.05, 3.63) is 65.7 Å². The van der Waals surface area contributed by atoms with Gasteiger partial charge >= 0.3 is 0 Å². The quantitative estimate of drug-likeness (QED) is 0.768. The average Bonchev–Trinajstić information content (AvgIpc) is 2.86. The molecule has 3 nitrogen and oxygen atoms in total. The van der Waals surface area contributed by atoms with Crippen LogP contribution in [0.3, 0.4) is 0 Å². The third kappa shape index (κ3) is 2.50. The molecule has 2 aromatic carbocycles. The SMILES string of the molecule is CCCc1c(-c2ccccc2C)nn(-c2ccccc2)c1O. The van der Waals surface area contributed by atoms with E-state index in [9.17, 15) is 5.11 Å². The van der Waals surface area contributed by atoms with Crippen molar-refractivity contribution < 1.29 is 5.11 Å². The van der Waals surface area contributed by atoms with Crippen molar-refractivity contribution in [2.45, 2.75) is 26.7 Å². The van der Waals surface area contributed by atoms with Gasteiger partial charge in [-0.25, -0.2) is 4.68 Å². The molecular formula is C19H20N2O. The lowest BCUT2D eigenvalue weighted by atomic mass is 10.0. The molecule has 0 atom stereocenters. The van der Waals surface area contributed by atoms with E-state index in [0.29, 0.717) is 0 Å². The molecule has 0 saturated heterocycles. The minimum absolute atomic E-state index is 0.242. The van der Waals surface area contributed by atoms with E-state index >= 15 is 0 Å². The summed E-state index contributed by atoms with van der Waals surface area (Å²) >= 11 is 0. The predicted molar refractivity (Wildman–Crippen MR) is 89.4 cm³/mol. The van der Waals surface area contributed by atoms with Gasteiger partial charge in [0.2, 0.25) is 5.88 Å². The van der Waals surface area contributed by atoms with Crippen LogP contribution in [-0.2, 0) is 6.42 Å². The van der Waals surface area contributed by atoms with Crippen molar-refractivity contribution in [2.75, 3.05) is 0 Å². The van der Waals surface area contributed by atoms with Gasteiger partial charge in [-0.1, -0.05) is 55.8 Å². The van der Waals surface area contributed by atoms with E-state index in [-0.39, 0.29) is 5.88 Å². The van der Waals surface area contributed by atoms with Crippen LogP contribution in [0.1, 0.15) is 24.5 Å². The molecule has 0 amide bonds. The summed E-state index contributed by atoms with van der Waals surface area (Å²) in [6, 6.07) is 17.9. The van der Waals surface area contributed by atoms with Crippen LogP contribution in [0.15, 0.2) is 54.6 Å². The topological polar surface area (TPSA) is 38.0 Å². The number of aromatic hydroxyl groups is 1. The number of para-hydroxylation sites is 1. The van der Waals surface area contributed by atoms with Gasteiger partial charge in [-0.15, -0.1) is 0 Å². The van der Waals surface area contributed by atoms with Gasteiger partial charge in [-0.3, -0.25) is 0 Å². The van der Waals surface area contributed by atoms with Crippen LogP contribution in [0.25, 0.3) is 16.9 Å². The van der Waals surface area contributed by atoms with Crippen LogP contribution in [0.2, 0.25) is 0 Å². The fourth-order valence-electron chi connectivity index (χ4n) is 2.73. The van der Waals surface area contributed by atoms with Crippen molar-refractivity contribution in [3.8, 4) is 22.8 Å². The van der Waals surface area contributed by atoms with E-state index in [4.69, 9.17) is 5.10 Å². The van der Waals surface area contributed by atoms with E-state index in [1.165, 1.54) is 0 Å². The van der Waals surface area contributed by atoms with Crippen molar-refractivity contribution in [2.24, 2.45) is 0 Å². The number of aryl methyl sites for hydroxylation is 1. The normalized spacial score (nSPS) is 10.8. The van der Waals surface area contributed by atoms with E-state index in [1.54, 1.807) is 4.68 Å². The minimum Gasteiger partial charge on any atom is -0.493 e. The summed E-state index contributed by atoms with van der Waals surface area (Å²) < 4.78 is 1.63. The first-order chi connectivity index (χ1) is 10.7. The Balaban J connectivity index is 2.20. The Morgan fingerprint density at radius 3 is 2.36 bits per heavy atom. The largest absolute Gasteiger partial charge is 0.493 e. The smallest absolute Gasteiger partial charge is 0.218 e. The maximum absolute atomic E-state index is 10.6. The van der Waals surface area contributed by atoms with Gasteiger partial charge in [0.25, 0.3) is 0 Å². The van der Waals surface area contributed by atoms with Gasteiger partial charge in [-0.2, -0.15) is 5.10 Å². The van der Waals surface area contributed by atoms with Crippen LogP contribution < -0.4 is 0 Å². The van der Waals surface area contributed by atoms with Crippen molar-refractivity contribution >= 4 is 0 Å². The zero-order valence-electron chi connectivity index (χ0n) is 13.0. The predicted octanol–water partition coefficient (Wildman–Crippen LogP) is 4.51. The summed E-state index contributed by atoms with van der Waals surface area (Å²) in [6.07, 6.45) is 1.77. The standard InChI is InChI=1S/C19H20N2O/c1-3-9-17-18(16-13-8-7-10-14(16)2)20-21(19(17)22)15-11-5-4-6-12-15/h4-8,10-13,22H,3,9H2,1-2H3. The number of rotatable bonds is 4. The molecule has 0 aliphatic rings. The Hall–Kier alpha value is -2.55. The molecule has 3 heteroatoms. The molecule has 3 rings (SSSR count). The van der Waals surface area contributed by atoms with Crippen LogP contribution in [-0.4, -0.2) is 14.9 Å². The summed E-state index contributed by atoms with van der Waals surface area (Å²) in [5, 5.41) is 15.3. The van der Waals surface area contributed by atoms with E-state index in [0.717, 1.165) is 40.9 Å². The monoisotopic (exact) mass is 292 g/mol. The zero-order valence-corrected chi connectivity index (χ0v) is 13.0. The van der Waals surface area contributed by atoms with Crippen LogP contribution in [0.4, 0.5) is 0 Å². The molecule has 3 aromatic rings. The van der Waals surface area contributed by atoms with Crippen molar-refractivity contribution in [1.29, 1.82) is 0 Å². The number of hydrogen-bond acceptors (Lipinski definition) is 2. The summed E-state index contributed by atoms with van der Waals surface area (Å²) in [5.41, 5.74) is 4.91. The lowest BCUT2D eigenvalue weighted by Gasteiger charge is -2.04. The third-order valence-corrected chi connectivity index (χ3v) is 3.86. The third-order valence-electron chi connectivity index (χ3n) is 3.86. The van der Waals surface area contributed by atoms with Gasteiger partial charge in [0.05, 0.1) is 5.69 Å².